The summed E-state index contributed by atoms with van der Waals surface area (Å²) >= 11 is 3.25. The molecular formula is C17H13N3OS2. The van der Waals surface area contributed by atoms with Gasteiger partial charge in [-0.15, -0.1) is 23.1 Å². The second-order valence-corrected chi connectivity index (χ2v) is 6.81. The molecule has 1 aromatic heterocycles. The van der Waals surface area contributed by atoms with Crippen LogP contribution in [0, 0.1) is 0 Å². The fourth-order valence-electron chi connectivity index (χ4n) is 2.58. The highest BCUT2D eigenvalue weighted by Gasteiger charge is 2.27. The number of nitrogens with one attached hydrogen (secondary N) is 2. The fraction of sp³-hybridized carbons (Fsp3) is 0.0588. The molecule has 2 heterocycles. The molecule has 3 aromatic rings. The number of hydrogen-bond donors (Lipinski definition) is 2. The molecule has 2 aromatic carbocycles. The van der Waals surface area contributed by atoms with Gasteiger partial charge in [0.25, 0.3) is 5.91 Å². The van der Waals surface area contributed by atoms with Crippen LogP contribution >= 0.6 is 23.1 Å². The van der Waals surface area contributed by atoms with Gasteiger partial charge in [0.2, 0.25) is 0 Å². The topological polar surface area (TPSA) is 54.0 Å². The van der Waals surface area contributed by atoms with E-state index in [-0.39, 0.29) is 5.91 Å². The number of anilines is 2. The van der Waals surface area contributed by atoms with Crippen LogP contribution in [0.25, 0.3) is 15.8 Å². The molecule has 6 heteroatoms. The van der Waals surface area contributed by atoms with E-state index in [4.69, 9.17) is 0 Å². The smallest absolute Gasteiger partial charge is 0.257 e. The van der Waals surface area contributed by atoms with Crippen molar-refractivity contribution in [1.82, 2.24) is 4.98 Å². The standard InChI is InChI=1S/C17H13N3OS2/c1-22-11-4-2-10(3-5-11)18-8-12-15-13(20-17(12)21)6-7-14-16(15)23-9-19-14/h2-9,18H,1H3,(H,20,21). The van der Waals surface area contributed by atoms with Crippen molar-refractivity contribution in [3.8, 4) is 0 Å². The molecule has 1 aliphatic heterocycles. The van der Waals surface area contributed by atoms with E-state index in [1.807, 2.05) is 30.5 Å². The molecule has 2 N–H and O–H groups in total. The minimum atomic E-state index is -0.0888. The van der Waals surface area contributed by atoms with E-state index in [2.05, 4.69) is 27.8 Å². The lowest BCUT2D eigenvalue weighted by molar-refractivity contribution is -0.110. The lowest BCUT2D eigenvalue weighted by atomic mass is 10.1. The lowest BCUT2D eigenvalue weighted by Gasteiger charge is -2.04. The van der Waals surface area contributed by atoms with Crippen molar-refractivity contribution in [2.45, 2.75) is 4.90 Å². The van der Waals surface area contributed by atoms with Crippen molar-refractivity contribution >= 4 is 56.2 Å². The van der Waals surface area contributed by atoms with Gasteiger partial charge in [0.1, 0.15) is 0 Å². The number of amides is 1. The Morgan fingerprint density at radius 2 is 2.04 bits per heavy atom. The molecule has 1 amide bonds. The van der Waals surface area contributed by atoms with Crippen molar-refractivity contribution in [3.63, 3.8) is 0 Å². The summed E-state index contributed by atoms with van der Waals surface area (Å²) in [6, 6.07) is 11.9. The van der Waals surface area contributed by atoms with Crippen LogP contribution in [0.2, 0.25) is 0 Å². The molecule has 0 unspecified atom stereocenters. The molecule has 0 bridgehead atoms. The molecule has 0 saturated carbocycles. The maximum atomic E-state index is 12.3. The average Bonchev–Trinajstić information content (AvgIpc) is 3.16. The third-order valence-corrected chi connectivity index (χ3v) is 5.34. The normalized spacial score (nSPS) is 15.0. The average molecular weight is 339 g/mol. The number of rotatable bonds is 3. The summed E-state index contributed by atoms with van der Waals surface area (Å²) in [6.07, 6.45) is 3.82. The van der Waals surface area contributed by atoms with Crippen molar-refractivity contribution < 1.29 is 4.79 Å². The van der Waals surface area contributed by atoms with Crippen LogP contribution in [0.5, 0.6) is 0 Å². The second kappa shape index (κ2) is 5.72. The summed E-state index contributed by atoms with van der Waals surface area (Å²) in [5, 5.41) is 6.13. The van der Waals surface area contributed by atoms with Gasteiger partial charge in [-0.3, -0.25) is 4.79 Å². The quantitative estimate of drug-likeness (QED) is 0.548. The summed E-state index contributed by atoms with van der Waals surface area (Å²) in [5.74, 6) is -0.0888. The van der Waals surface area contributed by atoms with Crippen molar-refractivity contribution in [2.75, 3.05) is 16.9 Å². The van der Waals surface area contributed by atoms with Crippen LogP contribution < -0.4 is 10.6 Å². The Morgan fingerprint density at radius 1 is 1.22 bits per heavy atom. The van der Waals surface area contributed by atoms with Gasteiger partial charge >= 0.3 is 0 Å². The highest BCUT2D eigenvalue weighted by molar-refractivity contribution is 7.98. The summed E-state index contributed by atoms with van der Waals surface area (Å²) in [7, 11) is 0. The number of carbonyl (C=O) groups is 1. The van der Waals surface area contributed by atoms with Crippen LogP contribution in [0.1, 0.15) is 5.56 Å². The predicted molar refractivity (Wildman–Crippen MR) is 98.1 cm³/mol. The van der Waals surface area contributed by atoms with Crippen LogP contribution in [-0.4, -0.2) is 17.1 Å². The molecule has 4 nitrogen and oxygen atoms in total. The maximum Gasteiger partial charge on any atom is 0.257 e. The molecular weight excluding hydrogens is 326 g/mol. The first-order valence-electron chi connectivity index (χ1n) is 7.05. The third-order valence-electron chi connectivity index (χ3n) is 3.73. The SMILES string of the molecule is CSc1ccc(NC=C2C(=O)Nc3ccc4ncsc4c32)cc1. The number of carbonyl (C=O) groups excluding carboxylic acids is 1. The summed E-state index contributed by atoms with van der Waals surface area (Å²) in [6.45, 7) is 0. The van der Waals surface area contributed by atoms with E-state index in [1.54, 1.807) is 34.8 Å². The van der Waals surface area contributed by atoms with Gasteiger partial charge in [0.05, 0.1) is 27.0 Å². The zero-order valence-corrected chi connectivity index (χ0v) is 13.9. The highest BCUT2D eigenvalue weighted by atomic mass is 32.2. The van der Waals surface area contributed by atoms with Gasteiger partial charge in [-0.2, -0.15) is 0 Å². The van der Waals surface area contributed by atoms with E-state index in [9.17, 15) is 4.79 Å². The lowest BCUT2D eigenvalue weighted by Crippen LogP contribution is -2.05. The maximum absolute atomic E-state index is 12.3. The Hall–Kier alpha value is -2.31. The summed E-state index contributed by atoms with van der Waals surface area (Å²) < 4.78 is 1.03. The van der Waals surface area contributed by atoms with E-state index in [0.29, 0.717) is 5.57 Å². The number of thiazole rings is 1. The van der Waals surface area contributed by atoms with Gasteiger partial charge in [-0.1, -0.05) is 0 Å². The Balaban J connectivity index is 1.71. The van der Waals surface area contributed by atoms with Gasteiger partial charge in [0.15, 0.2) is 0 Å². The molecule has 0 atom stereocenters. The highest BCUT2D eigenvalue weighted by Crippen LogP contribution is 2.39. The van der Waals surface area contributed by atoms with Gasteiger partial charge in [-0.05, 0) is 42.7 Å². The number of nitrogens with zero attached hydrogens (tertiary/aromatic N) is 1. The van der Waals surface area contributed by atoms with Crippen LogP contribution in [0.15, 0.2) is 53.0 Å². The largest absolute Gasteiger partial charge is 0.361 e. The first kappa shape index (κ1) is 14.3. The van der Waals surface area contributed by atoms with Crippen molar-refractivity contribution in [1.29, 1.82) is 0 Å². The van der Waals surface area contributed by atoms with E-state index < -0.39 is 0 Å². The molecule has 4 rings (SSSR count). The van der Waals surface area contributed by atoms with Crippen molar-refractivity contribution in [3.05, 3.63) is 53.7 Å². The second-order valence-electron chi connectivity index (χ2n) is 5.07. The minimum absolute atomic E-state index is 0.0888. The van der Waals surface area contributed by atoms with E-state index in [1.165, 1.54) is 4.90 Å². The molecule has 0 spiro atoms. The van der Waals surface area contributed by atoms with E-state index >= 15 is 0 Å². The van der Waals surface area contributed by atoms with Gasteiger partial charge in [0, 0.05) is 22.3 Å². The molecule has 0 fully saturated rings. The monoisotopic (exact) mass is 339 g/mol. The zero-order chi connectivity index (χ0) is 15.8. The molecule has 23 heavy (non-hydrogen) atoms. The van der Waals surface area contributed by atoms with Crippen LogP contribution in [-0.2, 0) is 4.79 Å². The Bertz CT molecular complexity index is 929. The number of hydrogen-bond acceptors (Lipinski definition) is 5. The Kier molecular flexibility index (Phi) is 3.55. The predicted octanol–water partition coefficient (Wildman–Crippen LogP) is 4.42. The molecule has 114 valence electrons. The Morgan fingerprint density at radius 3 is 2.83 bits per heavy atom. The summed E-state index contributed by atoms with van der Waals surface area (Å²) in [5.41, 5.74) is 6.10. The number of benzene rings is 2. The minimum Gasteiger partial charge on any atom is -0.361 e. The summed E-state index contributed by atoms with van der Waals surface area (Å²) in [4.78, 5) is 17.8. The number of fused-ring (bicyclic) bond motifs is 3. The molecule has 0 saturated heterocycles. The van der Waals surface area contributed by atoms with Crippen molar-refractivity contribution in [2.24, 2.45) is 0 Å². The van der Waals surface area contributed by atoms with Gasteiger partial charge in [-0.25, -0.2) is 4.98 Å². The fourth-order valence-corrected chi connectivity index (χ4v) is 3.84. The van der Waals surface area contributed by atoms with E-state index in [0.717, 1.165) is 27.2 Å². The molecule has 0 aliphatic carbocycles. The Labute approximate surface area is 141 Å². The first-order chi connectivity index (χ1) is 11.3. The molecule has 0 radical (unpaired) electrons. The first-order valence-corrected chi connectivity index (χ1v) is 9.15. The van der Waals surface area contributed by atoms with Crippen LogP contribution in [0.3, 0.4) is 0 Å². The van der Waals surface area contributed by atoms with Crippen LogP contribution in [0.4, 0.5) is 11.4 Å². The molecule has 1 aliphatic rings. The zero-order valence-electron chi connectivity index (χ0n) is 12.3. The third kappa shape index (κ3) is 2.50. The number of thioether (sulfide) groups is 1. The number of aromatic nitrogens is 1. The van der Waals surface area contributed by atoms with Gasteiger partial charge < -0.3 is 10.6 Å².